The lowest BCUT2D eigenvalue weighted by atomic mass is 10.1. The number of rotatable bonds is 11. The molecule has 2 atom stereocenters. The Bertz CT molecular complexity index is 745. The summed E-state index contributed by atoms with van der Waals surface area (Å²) in [4.78, 5) is 23.0. The molecule has 6 heteroatoms. The van der Waals surface area contributed by atoms with Crippen LogP contribution in [-0.4, -0.2) is 42.8 Å². The van der Waals surface area contributed by atoms with Crippen LogP contribution in [0.1, 0.15) is 24.5 Å². The summed E-state index contributed by atoms with van der Waals surface area (Å²) in [7, 11) is 1.37. The van der Waals surface area contributed by atoms with Gasteiger partial charge in [-0.1, -0.05) is 42.5 Å². The van der Waals surface area contributed by atoms with Crippen molar-refractivity contribution in [2.24, 2.45) is 0 Å². The molecule has 28 heavy (non-hydrogen) atoms. The van der Waals surface area contributed by atoms with Crippen LogP contribution in [0.15, 0.2) is 54.6 Å². The van der Waals surface area contributed by atoms with Gasteiger partial charge in [-0.3, -0.25) is 4.79 Å². The van der Waals surface area contributed by atoms with Gasteiger partial charge in [-0.25, -0.2) is 4.79 Å². The SMILES string of the molecule is COC(Cc1ccc(OCC(=O)NC(C)CCc2ccccc2)cc1)C(=O)O. The van der Waals surface area contributed by atoms with E-state index >= 15 is 0 Å². The monoisotopic (exact) mass is 385 g/mol. The lowest BCUT2D eigenvalue weighted by molar-refractivity contribution is -0.148. The van der Waals surface area contributed by atoms with Crippen LogP contribution < -0.4 is 10.1 Å². The number of carboxylic acid groups (broad SMARTS) is 1. The van der Waals surface area contributed by atoms with Crippen LogP contribution in [0, 0.1) is 0 Å². The van der Waals surface area contributed by atoms with E-state index in [9.17, 15) is 9.59 Å². The van der Waals surface area contributed by atoms with Crippen LogP contribution in [0.3, 0.4) is 0 Å². The van der Waals surface area contributed by atoms with Crippen molar-refractivity contribution in [3.05, 3.63) is 65.7 Å². The molecule has 2 N–H and O–H groups in total. The van der Waals surface area contributed by atoms with Gasteiger partial charge in [0.25, 0.3) is 5.91 Å². The number of carboxylic acids is 1. The van der Waals surface area contributed by atoms with Gasteiger partial charge in [-0.05, 0) is 43.0 Å². The number of hydrogen-bond acceptors (Lipinski definition) is 4. The van der Waals surface area contributed by atoms with Gasteiger partial charge in [0.1, 0.15) is 5.75 Å². The van der Waals surface area contributed by atoms with E-state index < -0.39 is 12.1 Å². The molecule has 2 aromatic rings. The Hall–Kier alpha value is -2.86. The minimum atomic E-state index is -0.999. The Morgan fingerprint density at radius 3 is 2.32 bits per heavy atom. The summed E-state index contributed by atoms with van der Waals surface area (Å²) in [5.74, 6) is -0.615. The van der Waals surface area contributed by atoms with Crippen molar-refractivity contribution in [3.63, 3.8) is 0 Å². The molecule has 0 aliphatic heterocycles. The summed E-state index contributed by atoms with van der Waals surface area (Å²) in [6, 6.07) is 17.2. The Kier molecular flexibility index (Phi) is 8.49. The van der Waals surface area contributed by atoms with Crippen molar-refractivity contribution in [1.29, 1.82) is 0 Å². The van der Waals surface area contributed by atoms with Crippen LogP contribution in [0.5, 0.6) is 5.75 Å². The standard InChI is InChI=1S/C22H27NO5/c1-16(8-9-17-6-4-3-5-7-17)23-21(24)15-28-19-12-10-18(11-13-19)14-20(27-2)22(25)26/h3-7,10-13,16,20H,8-9,14-15H2,1-2H3,(H,23,24)(H,25,26). The minimum absolute atomic E-state index is 0.0562. The number of aryl methyl sites for hydroxylation is 1. The van der Waals surface area contributed by atoms with E-state index in [0.29, 0.717) is 5.75 Å². The maximum absolute atomic E-state index is 12.0. The third-order valence-electron chi connectivity index (χ3n) is 4.39. The molecule has 2 rings (SSSR count). The zero-order valence-electron chi connectivity index (χ0n) is 16.3. The molecule has 6 nitrogen and oxygen atoms in total. The fraction of sp³-hybridized carbons (Fsp3) is 0.364. The molecule has 0 aromatic heterocycles. The molecule has 2 aromatic carbocycles. The maximum Gasteiger partial charge on any atom is 0.333 e. The number of amides is 1. The molecule has 0 spiro atoms. The van der Waals surface area contributed by atoms with Gasteiger partial charge in [0, 0.05) is 19.6 Å². The molecule has 0 saturated heterocycles. The zero-order chi connectivity index (χ0) is 20.4. The third kappa shape index (κ3) is 7.40. The molecule has 0 aliphatic rings. The number of nitrogens with one attached hydrogen (secondary N) is 1. The van der Waals surface area contributed by atoms with E-state index in [1.54, 1.807) is 24.3 Å². The van der Waals surface area contributed by atoms with Crippen LogP contribution in [-0.2, 0) is 27.2 Å². The number of ether oxygens (including phenoxy) is 2. The second-order valence-electron chi connectivity index (χ2n) is 6.69. The Balaban J connectivity index is 1.72. The molecule has 0 fully saturated rings. The highest BCUT2D eigenvalue weighted by Gasteiger charge is 2.16. The number of carbonyl (C=O) groups is 2. The van der Waals surface area contributed by atoms with E-state index in [1.807, 2.05) is 25.1 Å². The highest BCUT2D eigenvalue weighted by molar-refractivity contribution is 5.77. The van der Waals surface area contributed by atoms with E-state index in [-0.39, 0.29) is 25.0 Å². The van der Waals surface area contributed by atoms with Crippen molar-refractivity contribution < 1.29 is 24.2 Å². The second-order valence-corrected chi connectivity index (χ2v) is 6.69. The van der Waals surface area contributed by atoms with Crippen molar-refractivity contribution in [2.45, 2.75) is 38.3 Å². The largest absolute Gasteiger partial charge is 0.484 e. The van der Waals surface area contributed by atoms with Crippen molar-refractivity contribution in [2.75, 3.05) is 13.7 Å². The van der Waals surface area contributed by atoms with Gasteiger partial charge < -0.3 is 19.9 Å². The Morgan fingerprint density at radius 1 is 1.04 bits per heavy atom. The summed E-state index contributed by atoms with van der Waals surface area (Å²) in [5.41, 5.74) is 2.07. The van der Waals surface area contributed by atoms with Crippen molar-refractivity contribution >= 4 is 11.9 Å². The number of aliphatic carboxylic acids is 1. The molecular formula is C22H27NO5. The summed E-state index contributed by atoms with van der Waals surface area (Å²) in [6.45, 7) is 1.91. The molecule has 0 heterocycles. The maximum atomic E-state index is 12.0. The van der Waals surface area contributed by atoms with E-state index in [1.165, 1.54) is 12.7 Å². The first-order valence-corrected chi connectivity index (χ1v) is 9.28. The predicted molar refractivity (Wildman–Crippen MR) is 106 cm³/mol. The molecule has 150 valence electrons. The number of methoxy groups -OCH3 is 1. The van der Waals surface area contributed by atoms with Gasteiger partial charge in [0.2, 0.25) is 0 Å². The topological polar surface area (TPSA) is 84.9 Å². The number of benzene rings is 2. The quantitative estimate of drug-likeness (QED) is 0.621. The van der Waals surface area contributed by atoms with Crippen molar-refractivity contribution in [3.8, 4) is 5.75 Å². The average molecular weight is 385 g/mol. The molecule has 2 unspecified atom stereocenters. The summed E-state index contributed by atoms with van der Waals surface area (Å²) >= 11 is 0. The van der Waals surface area contributed by atoms with Gasteiger partial charge in [0.15, 0.2) is 12.7 Å². The Morgan fingerprint density at radius 2 is 1.71 bits per heavy atom. The highest BCUT2D eigenvalue weighted by Crippen LogP contribution is 2.14. The van der Waals surface area contributed by atoms with E-state index in [0.717, 1.165) is 18.4 Å². The van der Waals surface area contributed by atoms with Gasteiger partial charge in [-0.15, -0.1) is 0 Å². The van der Waals surface area contributed by atoms with Crippen LogP contribution in [0.25, 0.3) is 0 Å². The predicted octanol–water partition coefficient (Wildman–Crippen LogP) is 2.85. The first kappa shape index (κ1) is 21.4. The highest BCUT2D eigenvalue weighted by atomic mass is 16.5. The molecule has 0 saturated carbocycles. The van der Waals surface area contributed by atoms with Gasteiger partial charge in [-0.2, -0.15) is 0 Å². The smallest absolute Gasteiger partial charge is 0.333 e. The minimum Gasteiger partial charge on any atom is -0.484 e. The number of hydrogen-bond donors (Lipinski definition) is 2. The lowest BCUT2D eigenvalue weighted by Crippen LogP contribution is -2.36. The third-order valence-corrected chi connectivity index (χ3v) is 4.39. The molecular weight excluding hydrogens is 358 g/mol. The summed E-state index contributed by atoms with van der Waals surface area (Å²) in [5, 5.41) is 11.9. The fourth-order valence-electron chi connectivity index (χ4n) is 2.77. The number of carbonyl (C=O) groups excluding carboxylic acids is 1. The van der Waals surface area contributed by atoms with Crippen LogP contribution in [0.2, 0.25) is 0 Å². The lowest BCUT2D eigenvalue weighted by Gasteiger charge is -2.14. The first-order chi connectivity index (χ1) is 13.5. The molecule has 0 radical (unpaired) electrons. The van der Waals surface area contributed by atoms with Crippen LogP contribution >= 0.6 is 0 Å². The fourth-order valence-corrected chi connectivity index (χ4v) is 2.77. The normalized spacial score (nSPS) is 12.8. The molecule has 0 aliphatic carbocycles. The van der Waals surface area contributed by atoms with Gasteiger partial charge >= 0.3 is 5.97 Å². The van der Waals surface area contributed by atoms with Gasteiger partial charge in [0.05, 0.1) is 0 Å². The zero-order valence-corrected chi connectivity index (χ0v) is 16.3. The van der Waals surface area contributed by atoms with E-state index in [4.69, 9.17) is 14.6 Å². The first-order valence-electron chi connectivity index (χ1n) is 9.28. The molecule has 1 amide bonds. The Labute approximate surface area is 165 Å². The summed E-state index contributed by atoms with van der Waals surface area (Å²) in [6.07, 6.45) is 1.15. The molecule has 0 bridgehead atoms. The summed E-state index contributed by atoms with van der Waals surface area (Å²) < 4.78 is 10.4. The van der Waals surface area contributed by atoms with Crippen molar-refractivity contribution in [1.82, 2.24) is 5.32 Å². The second kappa shape index (κ2) is 11.1. The van der Waals surface area contributed by atoms with E-state index in [2.05, 4.69) is 17.4 Å². The van der Waals surface area contributed by atoms with Crippen LogP contribution in [0.4, 0.5) is 0 Å². The average Bonchev–Trinajstić information content (AvgIpc) is 2.70.